The third-order valence-corrected chi connectivity index (χ3v) is 5.32. The van der Waals surface area contributed by atoms with Crippen LogP contribution in [0, 0.1) is 11.5 Å². The Morgan fingerprint density at radius 1 is 1.42 bits per heavy atom. The van der Waals surface area contributed by atoms with Gasteiger partial charge in [0, 0.05) is 26.2 Å². The summed E-state index contributed by atoms with van der Waals surface area (Å²) in [5.41, 5.74) is 0.782. The van der Waals surface area contributed by atoms with Gasteiger partial charge in [-0.3, -0.25) is 0 Å². The Morgan fingerprint density at radius 3 is 2.68 bits per heavy atom. The highest BCUT2D eigenvalue weighted by molar-refractivity contribution is 7.88. The highest BCUT2D eigenvalue weighted by atomic mass is 32.2. The van der Waals surface area contributed by atoms with E-state index in [-0.39, 0.29) is 11.8 Å². The number of hydrogen-bond donors (Lipinski definition) is 0. The summed E-state index contributed by atoms with van der Waals surface area (Å²) in [5, 5.41) is 8.81. The molecule has 1 aliphatic heterocycles. The van der Waals surface area contributed by atoms with Crippen molar-refractivity contribution in [2.24, 2.45) is 0 Å². The quantitative estimate of drug-likeness (QED) is 0.771. The molecule has 1 aliphatic rings. The molecule has 1 aromatic rings. The van der Waals surface area contributed by atoms with Crippen LogP contribution in [0.15, 0.2) is 30.3 Å². The van der Waals surface area contributed by atoms with E-state index in [1.54, 1.807) is 11.9 Å². The van der Waals surface area contributed by atoms with Crippen LogP contribution in [0.2, 0.25) is 0 Å². The second-order valence-corrected chi connectivity index (χ2v) is 6.78. The summed E-state index contributed by atoms with van der Waals surface area (Å²) in [6, 6.07) is 9.04. The molecule has 0 spiro atoms. The normalized spacial score (nSPS) is 19.6. The van der Waals surface area contributed by atoms with Gasteiger partial charge in [-0.2, -0.15) is 9.57 Å². The molecule has 0 bridgehead atoms. The number of nitriles is 1. The minimum atomic E-state index is -3.33. The van der Waals surface area contributed by atoms with Crippen molar-refractivity contribution in [2.75, 3.05) is 20.1 Å². The number of sulfonamides is 1. The SMILES string of the molecule is CN([C@H]1CCN(C#N)C1)S(=O)(=O)Cc1ccccc1. The van der Waals surface area contributed by atoms with E-state index in [4.69, 9.17) is 5.26 Å². The Labute approximate surface area is 114 Å². The Bertz CT molecular complexity index is 565. The van der Waals surface area contributed by atoms with Gasteiger partial charge in [-0.05, 0) is 12.0 Å². The number of hydrogen-bond acceptors (Lipinski definition) is 4. The zero-order chi connectivity index (χ0) is 13.9. The van der Waals surface area contributed by atoms with Crippen LogP contribution < -0.4 is 0 Å². The molecule has 6 heteroatoms. The van der Waals surface area contributed by atoms with E-state index in [1.807, 2.05) is 30.3 Å². The van der Waals surface area contributed by atoms with Gasteiger partial charge in [0.15, 0.2) is 6.19 Å². The molecule has 19 heavy (non-hydrogen) atoms. The van der Waals surface area contributed by atoms with E-state index in [2.05, 4.69) is 6.19 Å². The van der Waals surface area contributed by atoms with Crippen molar-refractivity contribution < 1.29 is 8.42 Å². The monoisotopic (exact) mass is 279 g/mol. The molecule has 1 aromatic carbocycles. The lowest BCUT2D eigenvalue weighted by atomic mass is 10.2. The summed E-state index contributed by atoms with van der Waals surface area (Å²) in [4.78, 5) is 1.60. The maximum atomic E-state index is 12.3. The van der Waals surface area contributed by atoms with E-state index < -0.39 is 10.0 Å². The Morgan fingerprint density at radius 2 is 2.11 bits per heavy atom. The average Bonchev–Trinajstić information content (AvgIpc) is 2.87. The van der Waals surface area contributed by atoms with Gasteiger partial charge in [0.1, 0.15) is 0 Å². The molecule has 1 saturated heterocycles. The Hall–Kier alpha value is -1.58. The molecule has 1 heterocycles. The fourth-order valence-electron chi connectivity index (χ4n) is 2.24. The van der Waals surface area contributed by atoms with E-state index in [0.717, 1.165) is 5.56 Å². The van der Waals surface area contributed by atoms with Gasteiger partial charge in [0.05, 0.1) is 5.75 Å². The maximum Gasteiger partial charge on any atom is 0.218 e. The van der Waals surface area contributed by atoms with Crippen LogP contribution in [0.25, 0.3) is 0 Å². The lowest BCUT2D eigenvalue weighted by molar-refractivity contribution is 0.364. The largest absolute Gasteiger partial charge is 0.309 e. The molecule has 0 unspecified atom stereocenters. The van der Waals surface area contributed by atoms with Crippen molar-refractivity contribution in [3.05, 3.63) is 35.9 Å². The van der Waals surface area contributed by atoms with Crippen molar-refractivity contribution in [1.82, 2.24) is 9.21 Å². The van der Waals surface area contributed by atoms with Gasteiger partial charge in [-0.1, -0.05) is 30.3 Å². The third kappa shape index (κ3) is 3.25. The fourth-order valence-corrected chi connectivity index (χ4v) is 3.69. The first-order chi connectivity index (χ1) is 9.03. The predicted octanol–water partition coefficient (Wildman–Crippen LogP) is 1.00. The smallest absolute Gasteiger partial charge is 0.218 e. The van der Waals surface area contributed by atoms with Crippen LogP contribution in [0.4, 0.5) is 0 Å². The number of nitrogens with zero attached hydrogens (tertiary/aromatic N) is 3. The maximum absolute atomic E-state index is 12.3. The Kier molecular flexibility index (Phi) is 4.08. The van der Waals surface area contributed by atoms with Gasteiger partial charge in [-0.15, -0.1) is 0 Å². The van der Waals surface area contributed by atoms with Crippen LogP contribution >= 0.6 is 0 Å². The molecule has 2 rings (SSSR count). The molecule has 0 aromatic heterocycles. The van der Waals surface area contributed by atoms with Crippen LogP contribution in [0.1, 0.15) is 12.0 Å². The number of benzene rings is 1. The lowest BCUT2D eigenvalue weighted by Crippen LogP contribution is -2.39. The molecule has 1 fully saturated rings. The number of likely N-dealkylation sites (tertiary alicyclic amines) is 1. The summed E-state index contributed by atoms with van der Waals surface area (Å²) < 4.78 is 26.0. The lowest BCUT2D eigenvalue weighted by Gasteiger charge is -2.23. The first-order valence-corrected chi connectivity index (χ1v) is 7.78. The summed E-state index contributed by atoms with van der Waals surface area (Å²) in [5.74, 6) is 0.00733. The fraction of sp³-hybridized carbons (Fsp3) is 0.462. The van der Waals surface area contributed by atoms with Crippen molar-refractivity contribution in [3.8, 4) is 6.19 Å². The van der Waals surface area contributed by atoms with Gasteiger partial charge >= 0.3 is 0 Å². The van der Waals surface area contributed by atoms with Crippen LogP contribution in [-0.2, 0) is 15.8 Å². The number of rotatable bonds is 4. The summed E-state index contributed by atoms with van der Waals surface area (Å²) in [6.45, 7) is 1.12. The molecule has 0 radical (unpaired) electrons. The number of likely N-dealkylation sites (N-methyl/N-ethyl adjacent to an activating group) is 1. The third-order valence-electron chi connectivity index (χ3n) is 3.45. The predicted molar refractivity (Wildman–Crippen MR) is 72.4 cm³/mol. The summed E-state index contributed by atoms with van der Waals surface area (Å²) >= 11 is 0. The molecular weight excluding hydrogens is 262 g/mol. The second-order valence-electron chi connectivity index (χ2n) is 4.75. The van der Waals surface area contributed by atoms with Gasteiger partial charge in [0.25, 0.3) is 0 Å². The molecule has 0 saturated carbocycles. The summed E-state index contributed by atoms with van der Waals surface area (Å²) in [7, 11) is -1.73. The molecule has 0 amide bonds. The zero-order valence-electron chi connectivity index (χ0n) is 10.9. The molecular formula is C13H17N3O2S. The first-order valence-electron chi connectivity index (χ1n) is 6.17. The standard InChI is InChI=1S/C13H17N3O2S/c1-15(13-7-8-16(9-13)11-14)19(17,18)10-12-5-3-2-4-6-12/h2-6,13H,7-10H2,1H3/t13-/m0/s1. The zero-order valence-corrected chi connectivity index (χ0v) is 11.7. The molecule has 1 atom stereocenters. The second kappa shape index (κ2) is 5.59. The highest BCUT2D eigenvalue weighted by Crippen LogP contribution is 2.19. The molecule has 102 valence electrons. The van der Waals surface area contributed by atoms with Crippen molar-refractivity contribution in [1.29, 1.82) is 5.26 Å². The van der Waals surface area contributed by atoms with Crippen LogP contribution in [-0.4, -0.2) is 43.8 Å². The highest BCUT2D eigenvalue weighted by Gasteiger charge is 2.31. The van der Waals surface area contributed by atoms with E-state index >= 15 is 0 Å². The molecule has 0 N–H and O–H groups in total. The van der Waals surface area contributed by atoms with Crippen molar-refractivity contribution >= 4 is 10.0 Å². The first kappa shape index (κ1) is 13.8. The Balaban J connectivity index is 2.06. The van der Waals surface area contributed by atoms with Crippen molar-refractivity contribution in [2.45, 2.75) is 18.2 Å². The van der Waals surface area contributed by atoms with E-state index in [1.165, 1.54) is 4.31 Å². The van der Waals surface area contributed by atoms with Crippen LogP contribution in [0.5, 0.6) is 0 Å². The van der Waals surface area contributed by atoms with Crippen molar-refractivity contribution in [3.63, 3.8) is 0 Å². The topological polar surface area (TPSA) is 64.4 Å². The molecule has 0 aliphatic carbocycles. The molecule has 5 nitrogen and oxygen atoms in total. The van der Waals surface area contributed by atoms with E-state index in [0.29, 0.717) is 19.5 Å². The minimum Gasteiger partial charge on any atom is -0.309 e. The van der Waals surface area contributed by atoms with Gasteiger partial charge in [0.2, 0.25) is 10.0 Å². The van der Waals surface area contributed by atoms with E-state index in [9.17, 15) is 8.42 Å². The van der Waals surface area contributed by atoms with Gasteiger partial charge in [-0.25, -0.2) is 8.42 Å². The average molecular weight is 279 g/mol. The minimum absolute atomic E-state index is 0.00733. The summed E-state index contributed by atoms with van der Waals surface area (Å²) in [6.07, 6.45) is 2.77. The van der Waals surface area contributed by atoms with Crippen LogP contribution in [0.3, 0.4) is 0 Å². The van der Waals surface area contributed by atoms with Gasteiger partial charge < -0.3 is 4.90 Å².